The summed E-state index contributed by atoms with van der Waals surface area (Å²) in [4.78, 5) is 0. The number of hydrogen-bond acceptors (Lipinski definition) is 1. The van der Waals surface area contributed by atoms with Crippen LogP contribution in [-0.2, 0) is 0 Å². The third kappa shape index (κ3) is 2.05. The van der Waals surface area contributed by atoms with Crippen LogP contribution in [0.15, 0.2) is 42.5 Å². The van der Waals surface area contributed by atoms with Gasteiger partial charge in [-0.15, -0.1) is 0 Å². The third-order valence-corrected chi connectivity index (χ3v) is 3.27. The van der Waals surface area contributed by atoms with Gasteiger partial charge in [0.05, 0.1) is 7.11 Å². The van der Waals surface area contributed by atoms with E-state index in [2.05, 4.69) is 30.3 Å². The van der Waals surface area contributed by atoms with Crippen molar-refractivity contribution < 1.29 is 4.74 Å². The summed E-state index contributed by atoms with van der Waals surface area (Å²) >= 11 is 0. The van der Waals surface area contributed by atoms with E-state index in [4.69, 9.17) is 4.74 Å². The van der Waals surface area contributed by atoms with Crippen molar-refractivity contribution in [2.75, 3.05) is 7.11 Å². The highest BCUT2D eigenvalue weighted by molar-refractivity contribution is 5.70. The van der Waals surface area contributed by atoms with Gasteiger partial charge in [-0.25, -0.2) is 0 Å². The molecule has 1 aliphatic carbocycles. The smallest absolute Gasteiger partial charge is 0.126 e. The maximum atomic E-state index is 5.38. The van der Waals surface area contributed by atoms with Gasteiger partial charge in [-0.1, -0.05) is 30.3 Å². The quantitative estimate of drug-likeness (QED) is 0.763. The van der Waals surface area contributed by atoms with E-state index in [-0.39, 0.29) is 0 Å². The van der Waals surface area contributed by atoms with Gasteiger partial charge in [-0.05, 0) is 48.1 Å². The summed E-state index contributed by atoms with van der Waals surface area (Å²) in [5, 5.41) is 0. The van der Waals surface area contributed by atoms with Crippen LogP contribution in [0.1, 0.15) is 24.3 Å². The highest BCUT2D eigenvalue weighted by atomic mass is 16.5. The largest absolute Gasteiger partial charge is 0.496 e. The molecule has 1 aliphatic rings. The second-order valence-electron chi connectivity index (χ2n) is 4.51. The second kappa shape index (κ2) is 4.25. The summed E-state index contributed by atoms with van der Waals surface area (Å²) in [6.45, 7) is 0. The van der Waals surface area contributed by atoms with Crippen LogP contribution in [0.2, 0.25) is 0 Å². The molecule has 1 heteroatoms. The molecule has 1 radical (unpaired) electrons. The molecule has 0 amide bonds. The fraction of sp³-hybridized carbons (Fsp3) is 0.250. The molecule has 0 heterocycles. The Morgan fingerprint density at radius 2 is 1.94 bits per heavy atom. The Bertz CT molecular complexity index is 509. The van der Waals surface area contributed by atoms with E-state index < -0.39 is 0 Å². The Hall–Kier alpha value is -1.76. The summed E-state index contributed by atoms with van der Waals surface area (Å²) in [7, 11) is 1.71. The van der Waals surface area contributed by atoms with Gasteiger partial charge in [-0.2, -0.15) is 0 Å². The molecule has 0 atom stereocenters. The van der Waals surface area contributed by atoms with Crippen molar-refractivity contribution in [3.05, 3.63) is 54.1 Å². The predicted octanol–water partition coefficient (Wildman–Crippen LogP) is 4.04. The molecule has 0 aromatic heterocycles. The summed E-state index contributed by atoms with van der Waals surface area (Å²) in [5.41, 5.74) is 3.66. The van der Waals surface area contributed by atoms with Gasteiger partial charge >= 0.3 is 0 Å². The highest BCUT2D eigenvalue weighted by Crippen LogP contribution is 2.40. The normalized spacial score (nSPS) is 14.6. The first kappa shape index (κ1) is 10.4. The molecular formula is C16H15O. The average molecular weight is 223 g/mol. The molecule has 0 unspecified atom stereocenters. The fourth-order valence-electron chi connectivity index (χ4n) is 2.14. The van der Waals surface area contributed by atoms with Crippen LogP contribution in [0, 0.1) is 6.07 Å². The number of para-hydroxylation sites is 1. The monoisotopic (exact) mass is 223 g/mol. The van der Waals surface area contributed by atoms with Gasteiger partial charge in [0.1, 0.15) is 5.75 Å². The van der Waals surface area contributed by atoms with Crippen LogP contribution >= 0.6 is 0 Å². The lowest BCUT2D eigenvalue weighted by atomic mass is 10.0. The summed E-state index contributed by atoms with van der Waals surface area (Å²) in [6, 6.07) is 17.9. The molecule has 2 aromatic rings. The average Bonchev–Trinajstić information content (AvgIpc) is 3.23. The SMILES string of the molecule is COc1ccccc1-c1c[c]c(C2CC2)cc1. The van der Waals surface area contributed by atoms with Gasteiger partial charge < -0.3 is 4.74 Å². The van der Waals surface area contributed by atoms with Crippen molar-refractivity contribution >= 4 is 0 Å². The number of ether oxygens (including phenoxy) is 1. The minimum Gasteiger partial charge on any atom is -0.496 e. The second-order valence-corrected chi connectivity index (χ2v) is 4.51. The summed E-state index contributed by atoms with van der Waals surface area (Å²) in [6.07, 6.45) is 2.65. The van der Waals surface area contributed by atoms with Crippen LogP contribution in [0.5, 0.6) is 5.75 Å². The summed E-state index contributed by atoms with van der Waals surface area (Å²) in [5.74, 6) is 1.68. The van der Waals surface area contributed by atoms with E-state index in [1.54, 1.807) is 7.11 Å². The van der Waals surface area contributed by atoms with Crippen molar-refractivity contribution in [2.24, 2.45) is 0 Å². The molecule has 0 aliphatic heterocycles. The van der Waals surface area contributed by atoms with Crippen LogP contribution < -0.4 is 4.74 Å². The molecule has 0 N–H and O–H groups in total. The number of methoxy groups -OCH3 is 1. The molecule has 1 nitrogen and oxygen atoms in total. The molecule has 0 saturated heterocycles. The van der Waals surface area contributed by atoms with Gasteiger partial charge in [0.2, 0.25) is 0 Å². The minimum absolute atomic E-state index is 0.765. The van der Waals surface area contributed by atoms with E-state index in [9.17, 15) is 0 Å². The zero-order chi connectivity index (χ0) is 11.7. The Labute approximate surface area is 102 Å². The van der Waals surface area contributed by atoms with E-state index in [1.165, 1.54) is 24.0 Å². The summed E-state index contributed by atoms with van der Waals surface area (Å²) < 4.78 is 5.38. The molecule has 2 aromatic carbocycles. The van der Waals surface area contributed by atoms with E-state index in [0.717, 1.165) is 17.2 Å². The van der Waals surface area contributed by atoms with E-state index in [1.807, 2.05) is 18.2 Å². The zero-order valence-corrected chi connectivity index (χ0v) is 9.94. The Morgan fingerprint density at radius 3 is 2.59 bits per heavy atom. The molecule has 3 rings (SSSR count). The third-order valence-electron chi connectivity index (χ3n) is 3.27. The maximum Gasteiger partial charge on any atom is 0.126 e. The molecule has 1 saturated carbocycles. The van der Waals surface area contributed by atoms with Crippen molar-refractivity contribution in [3.63, 3.8) is 0 Å². The molecule has 0 spiro atoms. The zero-order valence-electron chi connectivity index (χ0n) is 9.94. The first-order valence-corrected chi connectivity index (χ1v) is 6.03. The molecule has 1 fully saturated rings. The van der Waals surface area contributed by atoms with Gasteiger partial charge in [0, 0.05) is 5.56 Å². The maximum absolute atomic E-state index is 5.38. The van der Waals surface area contributed by atoms with Crippen molar-refractivity contribution in [2.45, 2.75) is 18.8 Å². The lowest BCUT2D eigenvalue weighted by molar-refractivity contribution is 0.416. The van der Waals surface area contributed by atoms with Crippen molar-refractivity contribution in [1.29, 1.82) is 0 Å². The van der Waals surface area contributed by atoms with E-state index in [0.29, 0.717) is 0 Å². The first-order valence-electron chi connectivity index (χ1n) is 6.03. The van der Waals surface area contributed by atoms with Crippen molar-refractivity contribution in [3.8, 4) is 16.9 Å². The lowest BCUT2D eigenvalue weighted by Gasteiger charge is -2.08. The van der Waals surface area contributed by atoms with Crippen LogP contribution in [-0.4, -0.2) is 7.11 Å². The molecular weight excluding hydrogens is 208 g/mol. The molecule has 85 valence electrons. The van der Waals surface area contributed by atoms with Crippen molar-refractivity contribution in [1.82, 2.24) is 0 Å². The topological polar surface area (TPSA) is 9.23 Å². The molecule has 17 heavy (non-hydrogen) atoms. The van der Waals surface area contributed by atoms with Gasteiger partial charge in [-0.3, -0.25) is 0 Å². The number of hydrogen-bond donors (Lipinski definition) is 0. The lowest BCUT2D eigenvalue weighted by Crippen LogP contribution is -1.88. The highest BCUT2D eigenvalue weighted by Gasteiger charge is 2.23. The number of rotatable bonds is 3. The standard InChI is InChI=1S/C16H15O/c1-17-16-5-3-2-4-15(16)14-10-8-13(9-11-14)12-6-7-12/h2-5,8,10-12H,6-7H2,1H3. The first-order chi connectivity index (χ1) is 8.38. The van der Waals surface area contributed by atoms with Crippen LogP contribution in [0.3, 0.4) is 0 Å². The Morgan fingerprint density at radius 1 is 1.12 bits per heavy atom. The predicted molar refractivity (Wildman–Crippen MR) is 69.2 cm³/mol. The van der Waals surface area contributed by atoms with Gasteiger partial charge in [0.25, 0.3) is 0 Å². The minimum atomic E-state index is 0.765. The van der Waals surface area contributed by atoms with Crippen LogP contribution in [0.25, 0.3) is 11.1 Å². The molecule has 0 bridgehead atoms. The van der Waals surface area contributed by atoms with E-state index >= 15 is 0 Å². The number of benzene rings is 2. The van der Waals surface area contributed by atoms with Gasteiger partial charge in [0.15, 0.2) is 0 Å². The fourth-order valence-corrected chi connectivity index (χ4v) is 2.14. The van der Waals surface area contributed by atoms with Crippen LogP contribution in [0.4, 0.5) is 0 Å². The Kier molecular flexibility index (Phi) is 2.60. The Balaban J connectivity index is 1.96.